The van der Waals surface area contributed by atoms with E-state index in [0.29, 0.717) is 20.8 Å². The van der Waals surface area contributed by atoms with E-state index in [1.54, 1.807) is 36.7 Å². The van der Waals surface area contributed by atoms with E-state index in [0.717, 1.165) is 10.4 Å². The van der Waals surface area contributed by atoms with E-state index >= 15 is 0 Å². The lowest BCUT2D eigenvalue weighted by atomic mass is 9.97. The quantitative estimate of drug-likeness (QED) is 0.356. The van der Waals surface area contributed by atoms with Gasteiger partial charge in [0.05, 0.1) is 18.6 Å². The number of aryl methyl sites for hydroxylation is 1. The van der Waals surface area contributed by atoms with Crippen molar-refractivity contribution in [2.45, 2.75) is 25.7 Å². The molecule has 0 saturated heterocycles. The summed E-state index contributed by atoms with van der Waals surface area (Å²) >= 11 is 7.27. The van der Waals surface area contributed by atoms with Crippen LogP contribution in [0.5, 0.6) is 0 Å². The van der Waals surface area contributed by atoms with Gasteiger partial charge in [-0.15, -0.1) is 11.3 Å². The molecule has 2 N–H and O–H groups in total. The lowest BCUT2D eigenvalue weighted by Crippen LogP contribution is -2.29. The number of nitrogens with zero attached hydrogens (tertiary/aromatic N) is 1. The van der Waals surface area contributed by atoms with E-state index in [2.05, 4.69) is 5.32 Å². The van der Waals surface area contributed by atoms with Crippen LogP contribution in [0.1, 0.15) is 33.3 Å². The SMILES string of the molecule is Cn1cc(C(=O)NCc2ccc(Cl)cc2)c(=O)c2cc(COCC(C)(O)c3ccc(F)cc3)sc21. The molecule has 4 aromatic rings. The molecule has 1 unspecified atom stereocenters. The number of nitrogens with one attached hydrogen (secondary N) is 1. The molecule has 9 heteroatoms. The number of aromatic nitrogens is 1. The molecule has 0 aliphatic carbocycles. The number of pyridine rings is 1. The second-order valence-corrected chi connectivity index (χ2v) is 10.0. The molecule has 0 spiro atoms. The zero-order chi connectivity index (χ0) is 25.2. The van der Waals surface area contributed by atoms with Gasteiger partial charge in [0, 0.05) is 29.7 Å². The van der Waals surface area contributed by atoms with Crippen LogP contribution in [0.3, 0.4) is 0 Å². The number of fused-ring (bicyclic) bond motifs is 1. The maximum atomic E-state index is 13.2. The van der Waals surface area contributed by atoms with Crippen LogP contribution < -0.4 is 10.7 Å². The molecule has 35 heavy (non-hydrogen) atoms. The molecule has 6 nitrogen and oxygen atoms in total. The number of hydrogen-bond acceptors (Lipinski definition) is 5. The summed E-state index contributed by atoms with van der Waals surface area (Å²) in [5.74, 6) is -0.836. The van der Waals surface area contributed by atoms with E-state index in [4.69, 9.17) is 16.3 Å². The highest BCUT2D eigenvalue weighted by Gasteiger charge is 2.24. The monoisotopic (exact) mass is 514 g/mol. The number of ether oxygens (including phenoxy) is 1. The van der Waals surface area contributed by atoms with Gasteiger partial charge in [-0.25, -0.2) is 4.39 Å². The maximum Gasteiger partial charge on any atom is 0.257 e. The smallest absolute Gasteiger partial charge is 0.257 e. The van der Waals surface area contributed by atoms with E-state index in [-0.39, 0.29) is 36.6 Å². The number of carbonyl (C=O) groups excluding carboxylic acids is 1. The molecule has 2 aromatic heterocycles. The average Bonchev–Trinajstić information content (AvgIpc) is 3.26. The van der Waals surface area contributed by atoms with Crippen LogP contribution in [-0.2, 0) is 30.5 Å². The third-order valence-electron chi connectivity index (χ3n) is 5.60. The summed E-state index contributed by atoms with van der Waals surface area (Å²) in [6.45, 7) is 2.03. The molecule has 2 heterocycles. The second-order valence-electron chi connectivity index (χ2n) is 8.50. The Balaban J connectivity index is 1.45. The first kappa shape index (κ1) is 25.1. The van der Waals surface area contributed by atoms with Crippen LogP contribution in [0.4, 0.5) is 4.39 Å². The van der Waals surface area contributed by atoms with Crippen molar-refractivity contribution in [2.24, 2.45) is 7.05 Å². The largest absolute Gasteiger partial charge is 0.383 e. The number of amides is 1. The van der Waals surface area contributed by atoms with Gasteiger partial charge in [-0.2, -0.15) is 0 Å². The van der Waals surface area contributed by atoms with Crippen LogP contribution in [0.2, 0.25) is 5.02 Å². The van der Waals surface area contributed by atoms with Crippen molar-refractivity contribution < 1.29 is 19.0 Å². The Bertz CT molecular complexity index is 1410. The first-order valence-electron chi connectivity index (χ1n) is 10.8. The minimum absolute atomic E-state index is 0.0123. The summed E-state index contributed by atoms with van der Waals surface area (Å²) < 4.78 is 20.6. The maximum absolute atomic E-state index is 13.2. The fraction of sp³-hybridized carbons (Fsp3) is 0.231. The number of halogens is 2. The lowest BCUT2D eigenvalue weighted by molar-refractivity contribution is -0.0429. The average molecular weight is 515 g/mol. The molecule has 1 amide bonds. The minimum Gasteiger partial charge on any atom is -0.383 e. The van der Waals surface area contributed by atoms with Gasteiger partial charge in [0.2, 0.25) is 5.43 Å². The number of rotatable bonds is 8. The van der Waals surface area contributed by atoms with Crippen molar-refractivity contribution in [1.82, 2.24) is 9.88 Å². The predicted molar refractivity (Wildman–Crippen MR) is 135 cm³/mol. The van der Waals surface area contributed by atoms with E-state index in [1.807, 2.05) is 12.1 Å². The molecule has 0 aliphatic rings. The predicted octanol–water partition coefficient (Wildman–Crippen LogP) is 4.75. The first-order chi connectivity index (χ1) is 16.6. The minimum atomic E-state index is -1.30. The standard InChI is InChI=1S/C26H24ClFN2O4S/c1-26(33,17-5-9-19(28)10-6-17)15-34-14-20-11-21-23(31)22(13-30(2)25(21)35-20)24(32)29-12-16-3-7-18(27)8-4-16/h3-11,13,33H,12,14-15H2,1-2H3,(H,29,32). The van der Waals surface area contributed by atoms with Crippen molar-refractivity contribution >= 4 is 39.1 Å². The Morgan fingerprint density at radius 2 is 1.89 bits per heavy atom. The van der Waals surface area contributed by atoms with Gasteiger partial charge >= 0.3 is 0 Å². The topological polar surface area (TPSA) is 80.6 Å². The molecular formula is C26H24ClFN2O4S. The molecule has 0 fully saturated rings. The fourth-order valence-corrected chi connectivity index (χ4v) is 4.82. The molecule has 0 bridgehead atoms. The summed E-state index contributed by atoms with van der Waals surface area (Å²) in [5, 5.41) is 14.5. The van der Waals surface area contributed by atoms with E-state index in [9.17, 15) is 19.1 Å². The molecule has 0 saturated carbocycles. The summed E-state index contributed by atoms with van der Waals surface area (Å²) in [7, 11) is 1.78. The molecule has 182 valence electrons. The number of carbonyl (C=O) groups is 1. The van der Waals surface area contributed by atoms with Gasteiger partial charge in [-0.05, 0) is 48.4 Å². The molecule has 1 atom stereocenters. The van der Waals surface area contributed by atoms with Gasteiger partial charge in [-0.1, -0.05) is 35.9 Å². The summed E-state index contributed by atoms with van der Waals surface area (Å²) in [5.41, 5.74) is -0.190. The van der Waals surface area contributed by atoms with Gasteiger partial charge in [-0.3, -0.25) is 9.59 Å². The Morgan fingerprint density at radius 3 is 2.57 bits per heavy atom. The highest BCUT2D eigenvalue weighted by molar-refractivity contribution is 7.18. The van der Waals surface area contributed by atoms with Gasteiger partial charge in [0.15, 0.2) is 0 Å². The zero-order valence-electron chi connectivity index (χ0n) is 19.2. The molecule has 2 aromatic carbocycles. The Labute approximate surface area is 210 Å². The van der Waals surface area contributed by atoms with Crippen LogP contribution in [0, 0.1) is 5.82 Å². The highest BCUT2D eigenvalue weighted by atomic mass is 35.5. The zero-order valence-corrected chi connectivity index (χ0v) is 20.8. The second kappa shape index (κ2) is 10.3. The molecule has 0 radical (unpaired) electrons. The van der Waals surface area contributed by atoms with E-state index < -0.39 is 11.5 Å². The van der Waals surface area contributed by atoms with Crippen molar-refractivity contribution in [1.29, 1.82) is 0 Å². The molecule has 4 rings (SSSR count). The van der Waals surface area contributed by atoms with Crippen LogP contribution >= 0.6 is 22.9 Å². The first-order valence-corrected chi connectivity index (χ1v) is 12.0. The van der Waals surface area contributed by atoms with Gasteiger partial charge < -0.3 is 19.7 Å². The normalized spacial score (nSPS) is 13.1. The van der Waals surface area contributed by atoms with Crippen LogP contribution in [-0.4, -0.2) is 22.2 Å². The summed E-state index contributed by atoms with van der Waals surface area (Å²) in [6.07, 6.45) is 1.53. The number of aliphatic hydroxyl groups is 1. The van der Waals surface area contributed by atoms with Crippen molar-refractivity contribution in [3.05, 3.63) is 103 Å². The van der Waals surface area contributed by atoms with Crippen molar-refractivity contribution in [3.63, 3.8) is 0 Å². The summed E-state index contributed by atoms with van der Waals surface area (Å²) in [4.78, 5) is 27.3. The highest BCUT2D eigenvalue weighted by Crippen LogP contribution is 2.26. The van der Waals surface area contributed by atoms with Crippen molar-refractivity contribution in [3.8, 4) is 0 Å². The van der Waals surface area contributed by atoms with Gasteiger partial charge in [0.1, 0.15) is 21.8 Å². The fourth-order valence-electron chi connectivity index (χ4n) is 3.67. The third kappa shape index (κ3) is 5.79. The van der Waals surface area contributed by atoms with Crippen molar-refractivity contribution in [2.75, 3.05) is 6.61 Å². The van der Waals surface area contributed by atoms with Crippen LogP contribution in [0.25, 0.3) is 10.2 Å². The molecule has 0 aliphatic heterocycles. The summed E-state index contributed by atoms with van der Waals surface area (Å²) in [6, 6.07) is 14.4. The van der Waals surface area contributed by atoms with Crippen LogP contribution in [0.15, 0.2) is 65.6 Å². The van der Waals surface area contributed by atoms with E-state index in [1.165, 1.54) is 41.8 Å². The Kier molecular flexibility index (Phi) is 7.37. The number of benzene rings is 2. The molecular weight excluding hydrogens is 491 g/mol. The number of thiophene rings is 1. The van der Waals surface area contributed by atoms with Gasteiger partial charge in [0.25, 0.3) is 5.91 Å². The lowest BCUT2D eigenvalue weighted by Gasteiger charge is -2.23. The number of hydrogen-bond donors (Lipinski definition) is 2. The third-order valence-corrected chi connectivity index (χ3v) is 7.05. The Morgan fingerprint density at radius 1 is 1.20 bits per heavy atom. The Hall–Kier alpha value is -3.04.